The number of likely N-dealkylation sites (N-methyl/N-ethyl adjacent to an activating group) is 1. The molecule has 0 saturated carbocycles. The van der Waals surface area contributed by atoms with Gasteiger partial charge in [-0.2, -0.15) is 0 Å². The lowest BCUT2D eigenvalue weighted by Gasteiger charge is -2.19. The molecule has 17 heavy (non-hydrogen) atoms. The highest BCUT2D eigenvalue weighted by atomic mass is 16.5. The molecule has 0 aliphatic heterocycles. The number of rotatable bonds is 4. The van der Waals surface area contributed by atoms with E-state index in [1.54, 1.807) is 38.4 Å². The van der Waals surface area contributed by atoms with Crippen LogP contribution < -0.4 is 4.74 Å². The maximum Gasteiger partial charge on any atom is 0.409 e. The van der Waals surface area contributed by atoms with Gasteiger partial charge in [-0.15, -0.1) is 0 Å². The van der Waals surface area contributed by atoms with Crippen molar-refractivity contribution >= 4 is 6.09 Å². The van der Waals surface area contributed by atoms with Gasteiger partial charge < -0.3 is 19.5 Å². The van der Waals surface area contributed by atoms with E-state index < -0.39 is 12.2 Å². The van der Waals surface area contributed by atoms with Gasteiger partial charge in [0.05, 0.1) is 26.9 Å². The second-order valence-corrected chi connectivity index (χ2v) is 3.64. The van der Waals surface area contributed by atoms with Crippen LogP contribution in [0.4, 0.5) is 4.79 Å². The largest absolute Gasteiger partial charge is 0.497 e. The van der Waals surface area contributed by atoms with Gasteiger partial charge >= 0.3 is 6.09 Å². The number of amides is 1. The summed E-state index contributed by atoms with van der Waals surface area (Å²) in [5.41, 5.74) is 0.695. The van der Waals surface area contributed by atoms with Crippen molar-refractivity contribution < 1.29 is 19.4 Å². The molecule has 0 radical (unpaired) electrons. The summed E-state index contributed by atoms with van der Waals surface area (Å²) in [6.45, 7) is 0.167. The molecule has 0 heterocycles. The van der Waals surface area contributed by atoms with Crippen LogP contribution in [-0.4, -0.2) is 43.9 Å². The van der Waals surface area contributed by atoms with Crippen molar-refractivity contribution in [1.82, 2.24) is 4.90 Å². The minimum atomic E-state index is -0.769. The van der Waals surface area contributed by atoms with Gasteiger partial charge in [-0.25, -0.2) is 4.79 Å². The minimum absolute atomic E-state index is 0.167. The number of aliphatic hydroxyl groups excluding tert-OH is 1. The first kappa shape index (κ1) is 13.3. The van der Waals surface area contributed by atoms with Crippen LogP contribution in [0.2, 0.25) is 0 Å². The molecule has 0 bridgehead atoms. The standard InChI is InChI=1S/C12H17NO4/c1-13(12(15)17-3)8-11(14)9-5-4-6-10(7-9)16-2/h4-7,11,14H,8H2,1-3H3. The molecule has 1 aromatic rings. The molecule has 1 unspecified atom stereocenters. The van der Waals surface area contributed by atoms with Crippen molar-refractivity contribution in [2.45, 2.75) is 6.10 Å². The molecule has 0 aliphatic carbocycles. The number of carbonyl (C=O) groups excluding carboxylic acids is 1. The van der Waals surface area contributed by atoms with E-state index in [9.17, 15) is 9.90 Å². The SMILES string of the molecule is COC(=O)N(C)CC(O)c1cccc(OC)c1. The molecular formula is C12H17NO4. The fourth-order valence-electron chi connectivity index (χ4n) is 1.44. The van der Waals surface area contributed by atoms with Crippen molar-refractivity contribution in [3.8, 4) is 5.75 Å². The van der Waals surface area contributed by atoms with Crippen molar-refractivity contribution in [2.75, 3.05) is 27.8 Å². The van der Waals surface area contributed by atoms with Gasteiger partial charge in [-0.3, -0.25) is 0 Å². The van der Waals surface area contributed by atoms with Crippen LogP contribution in [-0.2, 0) is 4.74 Å². The van der Waals surface area contributed by atoms with Crippen LogP contribution in [0, 0.1) is 0 Å². The number of nitrogens with zero attached hydrogens (tertiary/aromatic N) is 1. The van der Waals surface area contributed by atoms with E-state index in [2.05, 4.69) is 4.74 Å². The molecule has 0 aliphatic rings. The molecule has 0 fully saturated rings. The van der Waals surface area contributed by atoms with Gasteiger partial charge in [-0.1, -0.05) is 12.1 Å². The number of hydrogen-bond donors (Lipinski definition) is 1. The average Bonchev–Trinajstić information content (AvgIpc) is 2.37. The first-order chi connectivity index (χ1) is 8.08. The Hall–Kier alpha value is -1.75. The minimum Gasteiger partial charge on any atom is -0.497 e. The summed E-state index contributed by atoms with van der Waals surface area (Å²) in [6.07, 6.45) is -1.25. The summed E-state index contributed by atoms with van der Waals surface area (Å²) in [7, 11) is 4.43. The van der Waals surface area contributed by atoms with E-state index in [4.69, 9.17) is 4.74 Å². The normalized spacial score (nSPS) is 11.8. The second-order valence-electron chi connectivity index (χ2n) is 3.64. The van der Waals surface area contributed by atoms with Crippen LogP contribution >= 0.6 is 0 Å². The molecular weight excluding hydrogens is 222 g/mol. The van der Waals surface area contributed by atoms with E-state index in [0.29, 0.717) is 11.3 Å². The highest BCUT2D eigenvalue weighted by Gasteiger charge is 2.15. The Balaban J connectivity index is 2.68. The van der Waals surface area contributed by atoms with Crippen molar-refractivity contribution in [2.24, 2.45) is 0 Å². The van der Waals surface area contributed by atoms with E-state index in [-0.39, 0.29) is 6.54 Å². The monoisotopic (exact) mass is 239 g/mol. The predicted molar refractivity (Wildman–Crippen MR) is 63.0 cm³/mol. The highest BCUT2D eigenvalue weighted by Crippen LogP contribution is 2.19. The smallest absolute Gasteiger partial charge is 0.409 e. The number of hydrogen-bond acceptors (Lipinski definition) is 4. The third-order valence-electron chi connectivity index (χ3n) is 2.41. The van der Waals surface area contributed by atoms with Crippen LogP contribution in [0.3, 0.4) is 0 Å². The molecule has 5 nitrogen and oxygen atoms in total. The number of methoxy groups -OCH3 is 2. The molecule has 1 N–H and O–H groups in total. The topological polar surface area (TPSA) is 59.0 Å². The Morgan fingerprint density at radius 2 is 2.18 bits per heavy atom. The van der Waals surface area contributed by atoms with Gasteiger partial charge in [0.1, 0.15) is 5.75 Å². The third kappa shape index (κ3) is 3.64. The zero-order chi connectivity index (χ0) is 12.8. The van der Waals surface area contributed by atoms with E-state index in [1.165, 1.54) is 12.0 Å². The molecule has 0 saturated heterocycles. The number of aliphatic hydroxyl groups is 1. The van der Waals surface area contributed by atoms with Crippen molar-refractivity contribution in [1.29, 1.82) is 0 Å². The summed E-state index contributed by atoms with van der Waals surface area (Å²) >= 11 is 0. The summed E-state index contributed by atoms with van der Waals surface area (Å²) in [4.78, 5) is 12.5. The van der Waals surface area contributed by atoms with Gasteiger partial charge in [0.15, 0.2) is 0 Å². The fraction of sp³-hybridized carbons (Fsp3) is 0.417. The van der Waals surface area contributed by atoms with Gasteiger partial charge in [0, 0.05) is 7.05 Å². The lowest BCUT2D eigenvalue weighted by molar-refractivity contribution is 0.0964. The Bertz CT molecular complexity index is 381. The first-order valence-corrected chi connectivity index (χ1v) is 5.19. The molecule has 0 aromatic heterocycles. The number of benzene rings is 1. The molecule has 94 valence electrons. The van der Waals surface area contributed by atoms with Crippen molar-refractivity contribution in [3.63, 3.8) is 0 Å². The van der Waals surface area contributed by atoms with Gasteiger partial charge in [0.25, 0.3) is 0 Å². The van der Waals surface area contributed by atoms with Crippen LogP contribution in [0.5, 0.6) is 5.75 Å². The number of carbonyl (C=O) groups is 1. The Kier molecular flexibility index (Phi) is 4.78. The lowest BCUT2D eigenvalue weighted by Crippen LogP contribution is -2.30. The van der Waals surface area contributed by atoms with Gasteiger partial charge in [-0.05, 0) is 17.7 Å². The quantitative estimate of drug-likeness (QED) is 0.863. The van der Waals surface area contributed by atoms with E-state index in [0.717, 1.165) is 0 Å². The first-order valence-electron chi connectivity index (χ1n) is 5.19. The van der Waals surface area contributed by atoms with Crippen LogP contribution in [0.25, 0.3) is 0 Å². The predicted octanol–water partition coefficient (Wildman–Crippen LogP) is 1.43. The zero-order valence-corrected chi connectivity index (χ0v) is 10.2. The maximum atomic E-state index is 11.2. The maximum absolute atomic E-state index is 11.2. The van der Waals surface area contributed by atoms with Crippen LogP contribution in [0.15, 0.2) is 24.3 Å². The molecule has 1 amide bonds. The molecule has 1 aromatic carbocycles. The van der Waals surface area contributed by atoms with Crippen LogP contribution in [0.1, 0.15) is 11.7 Å². The summed E-state index contributed by atoms with van der Waals surface area (Å²) in [5.74, 6) is 0.669. The summed E-state index contributed by atoms with van der Waals surface area (Å²) in [5, 5.41) is 9.95. The van der Waals surface area contributed by atoms with Gasteiger partial charge in [0.2, 0.25) is 0 Å². The number of ether oxygens (including phenoxy) is 2. The lowest BCUT2D eigenvalue weighted by atomic mass is 10.1. The molecule has 5 heteroatoms. The fourth-order valence-corrected chi connectivity index (χ4v) is 1.44. The Morgan fingerprint density at radius 3 is 2.76 bits per heavy atom. The molecule has 0 spiro atoms. The third-order valence-corrected chi connectivity index (χ3v) is 2.41. The zero-order valence-electron chi connectivity index (χ0n) is 10.2. The van der Waals surface area contributed by atoms with E-state index >= 15 is 0 Å². The van der Waals surface area contributed by atoms with E-state index in [1.807, 2.05) is 0 Å². The average molecular weight is 239 g/mol. The Morgan fingerprint density at radius 1 is 1.47 bits per heavy atom. The molecule has 1 atom stereocenters. The molecule has 1 rings (SSSR count). The summed E-state index contributed by atoms with van der Waals surface area (Å²) < 4.78 is 9.61. The summed E-state index contributed by atoms with van der Waals surface area (Å²) in [6, 6.07) is 7.09. The second kappa shape index (κ2) is 6.10. The Labute approximate surface area is 101 Å². The highest BCUT2D eigenvalue weighted by molar-refractivity contribution is 5.67. The van der Waals surface area contributed by atoms with Crippen molar-refractivity contribution in [3.05, 3.63) is 29.8 Å².